The second-order valence-electron chi connectivity index (χ2n) is 5.08. The topological polar surface area (TPSA) is 49.7 Å². The number of benzene rings is 2. The zero-order chi connectivity index (χ0) is 14.0. The van der Waals surface area contributed by atoms with E-state index in [0.29, 0.717) is 41.0 Å². The van der Waals surface area contributed by atoms with Crippen molar-refractivity contribution < 1.29 is 14.9 Å². The molecule has 2 rings (SSSR count). The van der Waals surface area contributed by atoms with E-state index in [9.17, 15) is 10.2 Å². The predicted octanol–water partition coefficient (Wildman–Crippen LogP) is 3.85. The monoisotopic (exact) mass is 260 g/mol. The van der Waals surface area contributed by atoms with Gasteiger partial charge in [0.05, 0.1) is 6.61 Å². The van der Waals surface area contributed by atoms with E-state index in [4.69, 9.17) is 4.74 Å². The van der Waals surface area contributed by atoms with Crippen LogP contribution in [-0.4, -0.2) is 16.8 Å². The van der Waals surface area contributed by atoms with Gasteiger partial charge in [-0.1, -0.05) is 38.1 Å². The Hall–Kier alpha value is -1.90. The summed E-state index contributed by atoms with van der Waals surface area (Å²) in [5.41, 5.74) is 0.688. The maximum absolute atomic E-state index is 10.4. The molecule has 0 bridgehead atoms. The minimum atomic E-state index is 0.117. The molecule has 0 saturated heterocycles. The van der Waals surface area contributed by atoms with Gasteiger partial charge in [-0.15, -0.1) is 0 Å². The maximum atomic E-state index is 10.4. The Morgan fingerprint density at radius 3 is 2.16 bits per heavy atom. The molecule has 0 saturated carbocycles. The van der Waals surface area contributed by atoms with Gasteiger partial charge in [0.2, 0.25) is 0 Å². The van der Waals surface area contributed by atoms with Gasteiger partial charge in [-0.25, -0.2) is 0 Å². The minimum absolute atomic E-state index is 0.117. The van der Waals surface area contributed by atoms with Crippen LogP contribution in [0.4, 0.5) is 0 Å². The highest BCUT2D eigenvalue weighted by Crippen LogP contribution is 2.45. The zero-order valence-corrected chi connectivity index (χ0v) is 11.6. The molecular weight excluding hydrogens is 240 g/mol. The van der Waals surface area contributed by atoms with Crippen molar-refractivity contribution in [3.05, 3.63) is 29.8 Å². The molecule has 2 aromatic carbocycles. The molecule has 0 aromatic heterocycles. The number of phenolic OH excluding ortho intramolecular Hbond substituents is 2. The first-order valence-electron chi connectivity index (χ1n) is 6.64. The molecule has 0 atom stereocenters. The Balaban J connectivity index is 2.75. The molecule has 0 amide bonds. The van der Waals surface area contributed by atoms with Crippen LogP contribution in [0.15, 0.2) is 24.3 Å². The van der Waals surface area contributed by atoms with Crippen LogP contribution in [0, 0.1) is 5.92 Å². The first kappa shape index (κ1) is 13.5. The summed E-state index contributed by atoms with van der Waals surface area (Å²) in [5, 5.41) is 22.1. The molecule has 0 aliphatic heterocycles. The molecular formula is C16H20O3. The van der Waals surface area contributed by atoms with Crippen molar-refractivity contribution in [3.63, 3.8) is 0 Å². The lowest BCUT2D eigenvalue weighted by Crippen LogP contribution is -2.02. The molecule has 0 fully saturated rings. The van der Waals surface area contributed by atoms with E-state index >= 15 is 0 Å². The van der Waals surface area contributed by atoms with Crippen LogP contribution >= 0.6 is 0 Å². The lowest BCUT2D eigenvalue weighted by molar-refractivity contribution is 0.311. The van der Waals surface area contributed by atoms with Gasteiger partial charge < -0.3 is 14.9 Å². The molecule has 0 aliphatic carbocycles. The van der Waals surface area contributed by atoms with Crippen LogP contribution in [-0.2, 0) is 6.42 Å². The molecule has 2 aromatic rings. The third-order valence-electron chi connectivity index (χ3n) is 3.11. The van der Waals surface area contributed by atoms with Gasteiger partial charge in [-0.3, -0.25) is 0 Å². The fourth-order valence-corrected chi connectivity index (χ4v) is 2.33. The van der Waals surface area contributed by atoms with Crippen molar-refractivity contribution in [1.82, 2.24) is 0 Å². The third-order valence-corrected chi connectivity index (χ3v) is 3.11. The van der Waals surface area contributed by atoms with E-state index < -0.39 is 0 Å². The molecule has 102 valence electrons. The smallest absolute Gasteiger partial charge is 0.168 e. The molecule has 3 nitrogen and oxygen atoms in total. The van der Waals surface area contributed by atoms with Crippen molar-refractivity contribution in [2.45, 2.75) is 27.2 Å². The standard InChI is InChI=1S/C16H20O3/c1-4-19-16-13(9-10(2)3)14(17)11-7-5-6-8-12(11)15(16)18/h5-8,10,17-18H,4,9H2,1-3H3. The zero-order valence-electron chi connectivity index (χ0n) is 11.6. The number of ether oxygens (including phenoxy) is 1. The molecule has 0 radical (unpaired) electrons. The highest BCUT2D eigenvalue weighted by Gasteiger charge is 2.20. The Bertz CT molecular complexity index is 588. The minimum Gasteiger partial charge on any atom is -0.507 e. The van der Waals surface area contributed by atoms with Gasteiger partial charge in [0, 0.05) is 16.3 Å². The predicted molar refractivity (Wildman–Crippen MR) is 77.0 cm³/mol. The van der Waals surface area contributed by atoms with Crippen molar-refractivity contribution in [3.8, 4) is 17.2 Å². The number of hydrogen-bond donors (Lipinski definition) is 2. The molecule has 3 heteroatoms. The molecule has 2 N–H and O–H groups in total. The molecule has 0 heterocycles. The van der Waals surface area contributed by atoms with Crippen molar-refractivity contribution in [2.24, 2.45) is 5.92 Å². The average molecular weight is 260 g/mol. The lowest BCUT2D eigenvalue weighted by atomic mass is 9.96. The number of phenols is 2. The maximum Gasteiger partial charge on any atom is 0.168 e. The first-order chi connectivity index (χ1) is 9.06. The molecule has 0 spiro atoms. The van der Waals surface area contributed by atoms with Gasteiger partial charge in [-0.2, -0.15) is 0 Å². The van der Waals surface area contributed by atoms with E-state index in [2.05, 4.69) is 13.8 Å². The molecule has 19 heavy (non-hydrogen) atoms. The SMILES string of the molecule is CCOc1c(CC(C)C)c(O)c2ccccc2c1O. The normalized spacial score (nSPS) is 11.2. The first-order valence-corrected chi connectivity index (χ1v) is 6.64. The molecule has 0 unspecified atom stereocenters. The van der Waals surface area contributed by atoms with Crippen LogP contribution < -0.4 is 4.74 Å². The van der Waals surface area contributed by atoms with Crippen LogP contribution in [0.1, 0.15) is 26.3 Å². The second-order valence-corrected chi connectivity index (χ2v) is 5.08. The van der Waals surface area contributed by atoms with Gasteiger partial charge in [0.25, 0.3) is 0 Å². The summed E-state index contributed by atoms with van der Waals surface area (Å²) in [6, 6.07) is 7.27. The van der Waals surface area contributed by atoms with E-state index in [1.165, 1.54) is 0 Å². The highest BCUT2D eigenvalue weighted by atomic mass is 16.5. The average Bonchev–Trinajstić information content (AvgIpc) is 2.39. The molecule has 0 aliphatic rings. The van der Waals surface area contributed by atoms with E-state index in [1.54, 1.807) is 6.07 Å². The van der Waals surface area contributed by atoms with Crippen LogP contribution in [0.2, 0.25) is 0 Å². The summed E-state index contributed by atoms with van der Waals surface area (Å²) in [6.07, 6.45) is 0.666. The fraction of sp³-hybridized carbons (Fsp3) is 0.375. The van der Waals surface area contributed by atoms with E-state index in [1.807, 2.05) is 25.1 Å². The summed E-state index contributed by atoms with van der Waals surface area (Å²) in [5.74, 6) is 1.11. The third kappa shape index (κ3) is 2.46. The Morgan fingerprint density at radius 1 is 1.05 bits per heavy atom. The summed E-state index contributed by atoms with van der Waals surface area (Å²) in [7, 11) is 0. The Kier molecular flexibility index (Phi) is 3.84. The summed E-state index contributed by atoms with van der Waals surface area (Å²) >= 11 is 0. The van der Waals surface area contributed by atoms with Crippen molar-refractivity contribution in [1.29, 1.82) is 0 Å². The Labute approximate surface area is 113 Å². The Morgan fingerprint density at radius 2 is 1.63 bits per heavy atom. The highest BCUT2D eigenvalue weighted by molar-refractivity contribution is 5.96. The van der Waals surface area contributed by atoms with Crippen LogP contribution in [0.25, 0.3) is 10.8 Å². The van der Waals surface area contributed by atoms with E-state index in [0.717, 1.165) is 0 Å². The van der Waals surface area contributed by atoms with Crippen LogP contribution in [0.3, 0.4) is 0 Å². The van der Waals surface area contributed by atoms with Crippen molar-refractivity contribution >= 4 is 10.8 Å². The van der Waals surface area contributed by atoms with Crippen LogP contribution in [0.5, 0.6) is 17.2 Å². The number of fused-ring (bicyclic) bond motifs is 1. The summed E-state index contributed by atoms with van der Waals surface area (Å²) < 4.78 is 5.55. The van der Waals surface area contributed by atoms with E-state index in [-0.39, 0.29) is 11.5 Å². The van der Waals surface area contributed by atoms with Gasteiger partial charge in [0.15, 0.2) is 11.5 Å². The number of hydrogen-bond acceptors (Lipinski definition) is 3. The fourth-order valence-electron chi connectivity index (χ4n) is 2.33. The number of rotatable bonds is 4. The largest absolute Gasteiger partial charge is 0.507 e. The number of aromatic hydroxyl groups is 2. The summed E-state index contributed by atoms with van der Waals surface area (Å²) in [6.45, 7) is 6.46. The summed E-state index contributed by atoms with van der Waals surface area (Å²) in [4.78, 5) is 0. The van der Waals surface area contributed by atoms with Gasteiger partial charge >= 0.3 is 0 Å². The quantitative estimate of drug-likeness (QED) is 0.821. The van der Waals surface area contributed by atoms with Crippen molar-refractivity contribution in [2.75, 3.05) is 6.61 Å². The van der Waals surface area contributed by atoms with Gasteiger partial charge in [-0.05, 0) is 19.3 Å². The lowest BCUT2D eigenvalue weighted by Gasteiger charge is -2.17. The van der Waals surface area contributed by atoms with Gasteiger partial charge in [0.1, 0.15) is 5.75 Å². The second kappa shape index (κ2) is 5.39.